The Morgan fingerprint density at radius 2 is 1.54 bits per heavy atom. The second-order valence-electron chi connectivity index (χ2n) is 11.4. The van der Waals surface area contributed by atoms with Crippen molar-refractivity contribution < 1.29 is 33.8 Å². The summed E-state index contributed by atoms with van der Waals surface area (Å²) in [5, 5.41) is 15.7. The number of carboxylic acid groups (broad SMARTS) is 1. The van der Waals surface area contributed by atoms with E-state index in [9.17, 15) is 24.3 Å². The van der Waals surface area contributed by atoms with Crippen molar-refractivity contribution in [1.82, 2.24) is 15.2 Å². The molecule has 46 heavy (non-hydrogen) atoms. The van der Waals surface area contributed by atoms with Crippen molar-refractivity contribution in [3.63, 3.8) is 0 Å². The van der Waals surface area contributed by atoms with Crippen LogP contribution in [0.1, 0.15) is 47.2 Å². The summed E-state index contributed by atoms with van der Waals surface area (Å²) in [7, 11) is 3.07. The molecule has 0 spiro atoms. The maximum atomic E-state index is 13.7. The maximum absolute atomic E-state index is 13.7. The number of hydrogen-bond acceptors (Lipinski definition) is 7. The number of ether oxygens (including phenoxy) is 2. The average Bonchev–Trinajstić information content (AvgIpc) is 3.04. The van der Waals surface area contributed by atoms with E-state index in [1.807, 2.05) is 0 Å². The zero-order valence-corrected chi connectivity index (χ0v) is 26.8. The summed E-state index contributed by atoms with van der Waals surface area (Å²) in [4.78, 5) is 57.9. The Kier molecular flexibility index (Phi) is 10.3. The number of pyridine rings is 1. The molecule has 2 bridgehead atoms. The van der Waals surface area contributed by atoms with Crippen LogP contribution in [0.5, 0.6) is 11.5 Å². The molecule has 0 radical (unpaired) electrons. The molecule has 2 aromatic carbocycles. The van der Waals surface area contributed by atoms with Gasteiger partial charge in [0.25, 0.3) is 5.91 Å². The number of halogens is 2. The van der Waals surface area contributed by atoms with E-state index in [4.69, 9.17) is 32.7 Å². The van der Waals surface area contributed by atoms with Crippen molar-refractivity contribution in [2.24, 2.45) is 5.92 Å². The molecule has 2 unspecified atom stereocenters. The monoisotopic (exact) mass is 668 g/mol. The van der Waals surface area contributed by atoms with Crippen LogP contribution in [0.2, 0.25) is 10.0 Å². The van der Waals surface area contributed by atoms with Gasteiger partial charge in [-0.2, -0.15) is 0 Å². The van der Waals surface area contributed by atoms with Crippen molar-refractivity contribution in [3.8, 4) is 11.5 Å². The highest BCUT2D eigenvalue weighted by atomic mass is 35.5. The highest BCUT2D eigenvalue weighted by molar-refractivity contribution is 6.40. The number of anilines is 1. The lowest BCUT2D eigenvalue weighted by molar-refractivity contribution is -0.154. The smallest absolute Gasteiger partial charge is 0.326 e. The second kappa shape index (κ2) is 14.4. The maximum Gasteiger partial charge on any atom is 0.326 e. The number of carboxylic acids is 1. The van der Waals surface area contributed by atoms with Gasteiger partial charge < -0.3 is 30.1 Å². The number of amides is 3. The molecule has 3 aliphatic rings. The first-order valence-electron chi connectivity index (χ1n) is 14.8. The molecule has 13 heteroatoms. The number of carbonyl (C=O) groups is 4. The van der Waals surface area contributed by atoms with E-state index in [1.54, 1.807) is 47.4 Å². The Morgan fingerprint density at radius 1 is 0.935 bits per heavy atom. The van der Waals surface area contributed by atoms with Crippen LogP contribution in [0, 0.1) is 5.92 Å². The van der Waals surface area contributed by atoms with E-state index < -0.39 is 29.9 Å². The van der Waals surface area contributed by atoms with Gasteiger partial charge in [-0.25, -0.2) is 4.79 Å². The number of piperidine rings is 2. The van der Waals surface area contributed by atoms with Crippen molar-refractivity contribution in [1.29, 1.82) is 0 Å². The molecule has 3 heterocycles. The first kappa shape index (κ1) is 33.0. The minimum atomic E-state index is -1.23. The molecule has 3 fully saturated rings. The lowest BCUT2D eigenvalue weighted by Gasteiger charge is -2.50. The third kappa shape index (κ3) is 7.37. The highest BCUT2D eigenvalue weighted by Crippen LogP contribution is 2.40. The third-order valence-electron chi connectivity index (χ3n) is 8.55. The van der Waals surface area contributed by atoms with Gasteiger partial charge in [-0.15, -0.1) is 0 Å². The molecule has 1 saturated carbocycles. The van der Waals surface area contributed by atoms with Crippen molar-refractivity contribution in [3.05, 3.63) is 81.6 Å². The summed E-state index contributed by atoms with van der Waals surface area (Å²) >= 11 is 12.2. The molecule has 2 atom stereocenters. The Balaban J connectivity index is 1.27. The molecule has 3 N–H and O–H groups in total. The van der Waals surface area contributed by atoms with Crippen LogP contribution in [-0.4, -0.2) is 71.0 Å². The van der Waals surface area contributed by atoms with Crippen LogP contribution in [0.3, 0.4) is 0 Å². The molecule has 2 saturated heterocycles. The second-order valence-corrected chi connectivity index (χ2v) is 12.3. The molecule has 6 rings (SSSR count). The van der Waals surface area contributed by atoms with Gasteiger partial charge in [0.2, 0.25) is 11.8 Å². The Bertz CT molecular complexity index is 1580. The first-order chi connectivity index (χ1) is 22.1. The SMILES string of the molecule is COc1cc(CC(=O)N2C3CCC(CC3)C2C(=O)NC(Cc2ccc(NC(=O)c3c(Cl)cncc3Cl)cc2)C(=O)O)cc(OC)c1. The zero-order chi connectivity index (χ0) is 33.0. The summed E-state index contributed by atoms with van der Waals surface area (Å²) in [6, 6.07) is 9.71. The van der Waals surface area contributed by atoms with Crippen LogP contribution >= 0.6 is 23.2 Å². The van der Waals surface area contributed by atoms with Gasteiger partial charge in [-0.3, -0.25) is 19.4 Å². The van der Waals surface area contributed by atoms with Crippen LogP contribution in [0.4, 0.5) is 5.69 Å². The minimum absolute atomic E-state index is 0.00429. The van der Waals surface area contributed by atoms with E-state index in [-0.39, 0.29) is 46.3 Å². The number of fused-ring (bicyclic) bond motifs is 3. The van der Waals surface area contributed by atoms with E-state index in [2.05, 4.69) is 15.6 Å². The number of hydrogen-bond donors (Lipinski definition) is 3. The van der Waals surface area contributed by atoms with Gasteiger partial charge in [-0.1, -0.05) is 35.3 Å². The fourth-order valence-electron chi connectivity index (χ4n) is 6.32. The molecule has 242 valence electrons. The Labute approximate surface area is 276 Å². The number of benzene rings is 2. The topological polar surface area (TPSA) is 147 Å². The largest absolute Gasteiger partial charge is 0.497 e. The summed E-state index contributed by atoms with van der Waals surface area (Å²) in [5.41, 5.74) is 1.84. The molecular formula is C33H34Cl2N4O7. The fourth-order valence-corrected chi connectivity index (χ4v) is 6.86. The van der Waals surface area contributed by atoms with E-state index in [1.165, 1.54) is 26.6 Å². The lowest BCUT2D eigenvalue weighted by Crippen LogP contribution is -2.64. The Hall–Kier alpha value is -4.35. The summed E-state index contributed by atoms with van der Waals surface area (Å²) < 4.78 is 10.7. The van der Waals surface area contributed by atoms with Crippen LogP contribution < -0.4 is 20.1 Å². The van der Waals surface area contributed by atoms with E-state index in [0.29, 0.717) is 28.3 Å². The average molecular weight is 670 g/mol. The molecule has 2 aliphatic heterocycles. The fraction of sp³-hybridized carbons (Fsp3) is 0.364. The molecule has 1 aliphatic carbocycles. The summed E-state index contributed by atoms with van der Waals surface area (Å²) in [6.07, 6.45) is 5.86. The first-order valence-corrected chi connectivity index (χ1v) is 15.6. The zero-order valence-electron chi connectivity index (χ0n) is 25.3. The van der Waals surface area contributed by atoms with Crippen LogP contribution in [0.25, 0.3) is 0 Å². The van der Waals surface area contributed by atoms with Crippen LogP contribution in [0.15, 0.2) is 54.9 Å². The van der Waals surface area contributed by atoms with Crippen molar-refractivity contribution >= 4 is 52.6 Å². The number of nitrogens with zero attached hydrogens (tertiary/aromatic N) is 2. The number of nitrogens with one attached hydrogen (secondary N) is 2. The van der Waals surface area contributed by atoms with Gasteiger partial charge in [0.05, 0.1) is 36.2 Å². The van der Waals surface area contributed by atoms with Gasteiger partial charge in [0, 0.05) is 36.6 Å². The number of methoxy groups -OCH3 is 2. The molecular weight excluding hydrogens is 635 g/mol. The van der Waals surface area contributed by atoms with Crippen molar-refractivity contribution in [2.75, 3.05) is 19.5 Å². The molecule has 1 aromatic heterocycles. The molecule has 3 amide bonds. The lowest BCUT2D eigenvalue weighted by atomic mass is 9.74. The highest BCUT2D eigenvalue weighted by Gasteiger charge is 2.48. The van der Waals surface area contributed by atoms with Gasteiger partial charge in [0.15, 0.2) is 0 Å². The standard InChI is InChI=1S/C33H34Cl2N4O7/c1-45-23-11-19(12-24(15-23)46-2)14-28(40)39-22-9-5-20(6-10-22)30(39)32(42)38-27(33(43)44)13-18-3-7-21(8-4-18)37-31(41)29-25(34)16-36-17-26(29)35/h3-4,7-8,11-12,15-17,20,22,27,30H,5-6,9-10,13-14H2,1-2H3,(H,37,41)(H,38,42)(H,43,44). The number of aliphatic carboxylic acids is 1. The number of rotatable bonds is 11. The van der Waals surface area contributed by atoms with Crippen molar-refractivity contribution in [2.45, 2.75) is 56.7 Å². The quantitative estimate of drug-likeness (QED) is 0.264. The van der Waals surface area contributed by atoms with E-state index in [0.717, 1.165) is 25.7 Å². The number of carbonyl (C=O) groups excluding carboxylic acids is 3. The predicted molar refractivity (Wildman–Crippen MR) is 172 cm³/mol. The summed E-state index contributed by atoms with van der Waals surface area (Å²) in [5.74, 6) is -1.36. The Morgan fingerprint density at radius 3 is 2.11 bits per heavy atom. The van der Waals surface area contributed by atoms with Gasteiger partial charge >= 0.3 is 5.97 Å². The number of aromatic nitrogens is 1. The third-order valence-corrected chi connectivity index (χ3v) is 9.12. The summed E-state index contributed by atoms with van der Waals surface area (Å²) in [6.45, 7) is 0. The minimum Gasteiger partial charge on any atom is -0.497 e. The van der Waals surface area contributed by atoms with E-state index >= 15 is 0 Å². The normalized spacial score (nSPS) is 19.2. The molecule has 11 nitrogen and oxygen atoms in total. The van der Waals surface area contributed by atoms with Gasteiger partial charge in [0.1, 0.15) is 23.6 Å². The predicted octanol–water partition coefficient (Wildman–Crippen LogP) is 4.78. The van der Waals surface area contributed by atoms with Crippen LogP contribution in [-0.2, 0) is 27.2 Å². The van der Waals surface area contributed by atoms with Gasteiger partial charge in [-0.05, 0) is 67.0 Å². The molecule has 3 aromatic rings.